The van der Waals surface area contributed by atoms with Crippen molar-refractivity contribution in [1.82, 2.24) is 5.01 Å². The molecule has 0 bridgehead atoms. The number of hydrogen-bond acceptors (Lipinski definition) is 5. The maximum atomic E-state index is 12.8. The fraction of sp³-hybridized carbons (Fsp3) is 0.182. The van der Waals surface area contributed by atoms with E-state index in [4.69, 9.17) is 4.42 Å². The zero-order valence-electron chi connectivity index (χ0n) is 16.6. The number of amides is 1. The van der Waals surface area contributed by atoms with Crippen LogP contribution in [0.1, 0.15) is 36.5 Å². The Morgan fingerprint density at radius 3 is 2.43 bits per heavy atom. The Bertz CT molecular complexity index is 1220. The van der Waals surface area contributed by atoms with Crippen LogP contribution in [0.3, 0.4) is 0 Å². The highest BCUT2D eigenvalue weighted by molar-refractivity contribution is 7.92. The summed E-state index contributed by atoms with van der Waals surface area (Å²) >= 11 is 0. The number of hydrogen-bond donors (Lipinski definition) is 1. The molecule has 1 N–H and O–H groups in total. The highest BCUT2D eigenvalue weighted by atomic mass is 32.2. The summed E-state index contributed by atoms with van der Waals surface area (Å²) in [4.78, 5) is 12.3. The Kier molecular flexibility index (Phi) is 5.17. The highest BCUT2D eigenvalue weighted by Crippen LogP contribution is 2.35. The molecule has 30 heavy (non-hydrogen) atoms. The van der Waals surface area contributed by atoms with E-state index in [9.17, 15) is 13.2 Å². The second-order valence-corrected chi connectivity index (χ2v) is 8.73. The molecule has 4 rings (SSSR count). The molecule has 0 unspecified atom stereocenters. The monoisotopic (exact) mass is 423 g/mol. The van der Waals surface area contributed by atoms with Crippen molar-refractivity contribution in [2.75, 3.05) is 4.72 Å². The van der Waals surface area contributed by atoms with Gasteiger partial charge in [0.1, 0.15) is 17.6 Å². The third-order valence-electron chi connectivity index (χ3n) is 4.86. The van der Waals surface area contributed by atoms with E-state index in [2.05, 4.69) is 9.82 Å². The summed E-state index contributed by atoms with van der Waals surface area (Å²) in [6, 6.07) is 18.5. The largest absolute Gasteiger partial charge is 0.464 e. The predicted molar refractivity (Wildman–Crippen MR) is 114 cm³/mol. The van der Waals surface area contributed by atoms with Crippen molar-refractivity contribution >= 4 is 27.3 Å². The number of benzene rings is 2. The number of rotatable bonds is 5. The van der Waals surface area contributed by atoms with Gasteiger partial charge in [-0.3, -0.25) is 9.52 Å². The van der Waals surface area contributed by atoms with Gasteiger partial charge in [0, 0.05) is 18.9 Å². The van der Waals surface area contributed by atoms with Gasteiger partial charge in [-0.1, -0.05) is 36.4 Å². The molecule has 0 radical (unpaired) electrons. The number of carbonyl (C=O) groups is 1. The molecule has 1 amide bonds. The maximum absolute atomic E-state index is 12.8. The van der Waals surface area contributed by atoms with Crippen molar-refractivity contribution < 1.29 is 17.6 Å². The maximum Gasteiger partial charge on any atom is 0.261 e. The fourth-order valence-corrected chi connectivity index (χ4v) is 4.55. The zero-order chi connectivity index (χ0) is 21.3. The molecule has 1 aromatic heterocycles. The minimum absolute atomic E-state index is 0.169. The lowest BCUT2D eigenvalue weighted by Gasteiger charge is -2.17. The van der Waals surface area contributed by atoms with Crippen molar-refractivity contribution in [2.24, 2.45) is 5.10 Å². The minimum atomic E-state index is -3.76. The minimum Gasteiger partial charge on any atom is -0.464 e. The summed E-state index contributed by atoms with van der Waals surface area (Å²) in [6.07, 6.45) is 0.413. The quantitative estimate of drug-likeness (QED) is 0.669. The number of para-hydroxylation sites is 1. The fourth-order valence-electron chi connectivity index (χ4n) is 3.44. The van der Waals surface area contributed by atoms with Crippen LogP contribution in [0.5, 0.6) is 0 Å². The van der Waals surface area contributed by atoms with E-state index in [1.165, 1.54) is 24.1 Å². The number of furan rings is 1. The first-order valence-corrected chi connectivity index (χ1v) is 10.9. The van der Waals surface area contributed by atoms with Gasteiger partial charge in [0.05, 0.1) is 16.3 Å². The molecule has 1 aliphatic rings. The topological polar surface area (TPSA) is 92.0 Å². The van der Waals surface area contributed by atoms with E-state index < -0.39 is 10.0 Å². The van der Waals surface area contributed by atoms with Gasteiger partial charge in [0.15, 0.2) is 0 Å². The predicted octanol–water partition coefficient (Wildman–Crippen LogP) is 4.09. The normalized spacial score (nSPS) is 16.4. The van der Waals surface area contributed by atoms with Crippen molar-refractivity contribution in [3.05, 3.63) is 83.8 Å². The Hall–Kier alpha value is -3.39. The number of sulfonamides is 1. The first kappa shape index (κ1) is 19.9. The van der Waals surface area contributed by atoms with E-state index in [1.54, 1.807) is 42.5 Å². The molecule has 0 saturated carbocycles. The molecule has 2 aromatic carbocycles. The molecular formula is C22H21N3O4S. The number of nitrogens with one attached hydrogen (secondary N) is 1. The summed E-state index contributed by atoms with van der Waals surface area (Å²) in [5.74, 6) is 1.17. The van der Waals surface area contributed by atoms with Crippen molar-refractivity contribution in [3.63, 3.8) is 0 Å². The van der Waals surface area contributed by atoms with E-state index in [-0.39, 0.29) is 16.8 Å². The number of hydrazone groups is 1. The molecule has 154 valence electrons. The van der Waals surface area contributed by atoms with Gasteiger partial charge in [-0.2, -0.15) is 5.10 Å². The number of anilines is 1. The Morgan fingerprint density at radius 1 is 1.07 bits per heavy atom. The lowest BCUT2D eigenvalue weighted by atomic mass is 10.0. The molecule has 1 atom stereocenters. The second-order valence-electron chi connectivity index (χ2n) is 7.04. The van der Waals surface area contributed by atoms with Crippen LogP contribution < -0.4 is 4.72 Å². The van der Waals surface area contributed by atoms with Crippen LogP contribution in [0.4, 0.5) is 5.69 Å². The number of carbonyl (C=O) groups excluding carboxylic acids is 1. The van der Waals surface area contributed by atoms with Crippen LogP contribution in [-0.4, -0.2) is 25.0 Å². The van der Waals surface area contributed by atoms with Gasteiger partial charge >= 0.3 is 0 Å². The smallest absolute Gasteiger partial charge is 0.261 e. The van der Waals surface area contributed by atoms with E-state index in [0.717, 1.165) is 5.76 Å². The van der Waals surface area contributed by atoms with Gasteiger partial charge in [-0.05, 0) is 37.3 Å². The first-order valence-electron chi connectivity index (χ1n) is 9.46. The van der Waals surface area contributed by atoms with Crippen LogP contribution in [-0.2, 0) is 14.8 Å². The van der Waals surface area contributed by atoms with Crippen LogP contribution in [0.25, 0.3) is 0 Å². The lowest BCUT2D eigenvalue weighted by molar-refractivity contribution is -0.130. The van der Waals surface area contributed by atoms with Gasteiger partial charge in [-0.15, -0.1) is 0 Å². The Labute approximate surface area is 175 Å². The molecule has 0 fully saturated rings. The van der Waals surface area contributed by atoms with Gasteiger partial charge < -0.3 is 4.42 Å². The van der Waals surface area contributed by atoms with Crippen molar-refractivity contribution in [1.29, 1.82) is 0 Å². The third-order valence-corrected chi connectivity index (χ3v) is 6.24. The first-order chi connectivity index (χ1) is 14.3. The van der Waals surface area contributed by atoms with E-state index in [0.29, 0.717) is 29.1 Å². The van der Waals surface area contributed by atoms with Crippen LogP contribution >= 0.6 is 0 Å². The summed E-state index contributed by atoms with van der Waals surface area (Å²) in [5.41, 5.74) is 1.63. The SMILES string of the molecule is CC(=O)N1N=C(c2ccccc2NS(=O)(=O)c2ccccc2)C[C@@H]1c1ccc(C)o1. The number of aryl methyl sites for hydroxylation is 1. The molecule has 0 spiro atoms. The Morgan fingerprint density at radius 2 is 1.77 bits per heavy atom. The van der Waals surface area contributed by atoms with E-state index in [1.807, 2.05) is 19.1 Å². The summed E-state index contributed by atoms with van der Waals surface area (Å²) in [6.45, 7) is 3.28. The average Bonchev–Trinajstić information content (AvgIpc) is 3.35. The molecular weight excluding hydrogens is 402 g/mol. The summed E-state index contributed by atoms with van der Waals surface area (Å²) in [7, 11) is -3.76. The molecule has 2 heterocycles. The van der Waals surface area contributed by atoms with Crippen LogP contribution in [0, 0.1) is 6.92 Å². The molecule has 8 heteroatoms. The molecule has 0 saturated heterocycles. The second kappa shape index (κ2) is 7.79. The number of nitrogens with zero attached hydrogens (tertiary/aromatic N) is 2. The van der Waals surface area contributed by atoms with Gasteiger partial charge in [0.25, 0.3) is 10.0 Å². The van der Waals surface area contributed by atoms with E-state index >= 15 is 0 Å². The van der Waals surface area contributed by atoms with Crippen LogP contribution in [0.15, 0.2) is 81.1 Å². The summed E-state index contributed by atoms with van der Waals surface area (Å²) < 4.78 is 34.0. The molecule has 3 aromatic rings. The molecule has 0 aliphatic carbocycles. The highest BCUT2D eigenvalue weighted by Gasteiger charge is 2.34. The van der Waals surface area contributed by atoms with Crippen LogP contribution in [0.2, 0.25) is 0 Å². The molecule has 1 aliphatic heterocycles. The average molecular weight is 423 g/mol. The lowest BCUT2D eigenvalue weighted by Crippen LogP contribution is -2.23. The van der Waals surface area contributed by atoms with Crippen molar-refractivity contribution in [3.8, 4) is 0 Å². The third kappa shape index (κ3) is 3.86. The van der Waals surface area contributed by atoms with Crippen molar-refractivity contribution in [2.45, 2.75) is 31.2 Å². The summed E-state index contributed by atoms with van der Waals surface area (Å²) in [5, 5.41) is 5.88. The Balaban J connectivity index is 1.68. The van der Waals surface area contributed by atoms with Gasteiger partial charge in [-0.25, -0.2) is 13.4 Å². The molecule has 7 nitrogen and oxygen atoms in total. The standard InChI is InChI=1S/C22H21N3O4S/c1-15-12-13-22(29-15)21-14-20(23-25(21)16(2)26)18-10-6-7-11-19(18)24-30(27,28)17-8-4-3-5-9-17/h3-13,21,24H,14H2,1-2H3/t21-/m1/s1. The zero-order valence-corrected chi connectivity index (χ0v) is 17.4. The van der Waals surface area contributed by atoms with Gasteiger partial charge in [0.2, 0.25) is 5.91 Å².